The summed E-state index contributed by atoms with van der Waals surface area (Å²) >= 11 is 0. The van der Waals surface area contributed by atoms with Crippen LogP contribution in [0.5, 0.6) is 0 Å². The number of anilines is 1. The fourth-order valence-corrected chi connectivity index (χ4v) is 4.13. The molecule has 2 aliphatic rings. The van der Waals surface area contributed by atoms with Crippen LogP contribution in [0.25, 0.3) is 0 Å². The average Bonchev–Trinajstić information content (AvgIpc) is 2.96. The van der Waals surface area contributed by atoms with Gasteiger partial charge in [-0.3, -0.25) is 9.89 Å². The number of aromatic nitrogens is 2. The molecule has 1 aromatic heterocycles. The van der Waals surface area contributed by atoms with E-state index >= 15 is 0 Å². The zero-order chi connectivity index (χ0) is 19.7. The van der Waals surface area contributed by atoms with Gasteiger partial charge in [0.1, 0.15) is 0 Å². The van der Waals surface area contributed by atoms with E-state index in [0.717, 1.165) is 43.0 Å². The molecule has 1 aromatic carbocycles. The van der Waals surface area contributed by atoms with E-state index in [-0.39, 0.29) is 18.1 Å². The first-order valence-electron chi connectivity index (χ1n) is 9.84. The third-order valence-electron chi connectivity index (χ3n) is 5.58. The lowest BCUT2D eigenvalue weighted by Crippen LogP contribution is -2.36. The van der Waals surface area contributed by atoms with Gasteiger partial charge < -0.3 is 14.5 Å². The summed E-state index contributed by atoms with van der Waals surface area (Å²) in [5, 5.41) is 16.3. The van der Waals surface area contributed by atoms with Crippen LogP contribution in [0.3, 0.4) is 0 Å². The highest BCUT2D eigenvalue weighted by Gasteiger charge is 2.31. The lowest BCUT2D eigenvalue weighted by Gasteiger charge is -2.26. The molecular formula is C21H25N5O2. The summed E-state index contributed by atoms with van der Waals surface area (Å²) in [5.74, 6) is 0.000443. The first-order valence-corrected chi connectivity index (χ1v) is 9.84. The summed E-state index contributed by atoms with van der Waals surface area (Å²) in [6.45, 7) is 7.04. The van der Waals surface area contributed by atoms with Crippen LogP contribution in [-0.2, 0) is 11.2 Å². The molecule has 2 aliphatic heterocycles. The van der Waals surface area contributed by atoms with Gasteiger partial charge in [-0.05, 0) is 44.5 Å². The van der Waals surface area contributed by atoms with E-state index in [0.29, 0.717) is 24.2 Å². The van der Waals surface area contributed by atoms with Gasteiger partial charge in [-0.2, -0.15) is 10.4 Å². The van der Waals surface area contributed by atoms with Gasteiger partial charge >= 0.3 is 0 Å². The number of hydrogen-bond donors (Lipinski definition) is 1. The van der Waals surface area contributed by atoms with Crippen LogP contribution in [0.4, 0.5) is 5.69 Å². The number of nitrogens with one attached hydrogen (secondary N) is 1. The highest BCUT2D eigenvalue weighted by atomic mass is 16.5. The molecule has 4 rings (SSSR count). The van der Waals surface area contributed by atoms with Gasteiger partial charge in [0.05, 0.1) is 29.5 Å². The lowest BCUT2D eigenvalue weighted by atomic mass is 9.99. The number of hydrogen-bond acceptors (Lipinski definition) is 5. The summed E-state index contributed by atoms with van der Waals surface area (Å²) in [6, 6.07) is 9.77. The molecule has 0 unspecified atom stereocenters. The maximum absolute atomic E-state index is 13.2. The van der Waals surface area contributed by atoms with Gasteiger partial charge in [0.2, 0.25) is 0 Å². The van der Waals surface area contributed by atoms with Crippen molar-refractivity contribution < 1.29 is 9.53 Å². The summed E-state index contributed by atoms with van der Waals surface area (Å²) in [6.07, 6.45) is 1.63. The van der Waals surface area contributed by atoms with Crippen LogP contribution >= 0.6 is 0 Å². The molecule has 7 heteroatoms. The fraction of sp³-hybridized carbons (Fsp3) is 0.476. The van der Waals surface area contributed by atoms with Gasteiger partial charge in [0, 0.05) is 43.9 Å². The van der Waals surface area contributed by atoms with Crippen molar-refractivity contribution in [1.29, 1.82) is 5.26 Å². The van der Waals surface area contributed by atoms with Crippen LogP contribution in [0, 0.1) is 11.3 Å². The third-order valence-corrected chi connectivity index (χ3v) is 5.58. The number of nitriles is 1. The maximum atomic E-state index is 13.2. The lowest BCUT2D eigenvalue weighted by molar-refractivity contribution is -0.00701. The quantitative estimate of drug-likeness (QED) is 0.867. The molecule has 2 atom stereocenters. The zero-order valence-electron chi connectivity index (χ0n) is 16.3. The summed E-state index contributed by atoms with van der Waals surface area (Å²) in [7, 11) is 0. The number of amides is 1. The van der Waals surface area contributed by atoms with E-state index in [1.54, 1.807) is 0 Å². The number of carbonyl (C=O) groups excluding carboxylic acids is 1. The Balaban J connectivity index is 1.47. The van der Waals surface area contributed by atoms with Crippen molar-refractivity contribution in [3.05, 3.63) is 46.8 Å². The Kier molecular flexibility index (Phi) is 5.05. The molecule has 0 saturated carbocycles. The minimum atomic E-state index is -0.0659. The van der Waals surface area contributed by atoms with Crippen LogP contribution < -0.4 is 4.90 Å². The Labute approximate surface area is 164 Å². The van der Waals surface area contributed by atoms with Gasteiger partial charge in [0.15, 0.2) is 5.69 Å². The van der Waals surface area contributed by atoms with Crippen molar-refractivity contribution in [2.75, 3.05) is 31.1 Å². The smallest absolute Gasteiger partial charge is 0.274 e. The van der Waals surface area contributed by atoms with E-state index in [9.17, 15) is 4.79 Å². The third kappa shape index (κ3) is 3.48. The van der Waals surface area contributed by atoms with Gasteiger partial charge in [-0.25, -0.2) is 0 Å². The SMILES string of the molecule is C[C@@H]1Cc2c(C(=O)N3CCCN(c4ccc(C#N)cc4)CC3)n[nH]c2[C@H](C)O1. The normalized spacial score (nSPS) is 22.3. The molecular weight excluding hydrogens is 354 g/mol. The number of nitrogens with zero attached hydrogens (tertiary/aromatic N) is 4. The van der Waals surface area contributed by atoms with Crippen LogP contribution in [0.15, 0.2) is 24.3 Å². The van der Waals surface area contributed by atoms with Crippen molar-refractivity contribution in [1.82, 2.24) is 15.1 Å². The van der Waals surface area contributed by atoms with Crippen molar-refractivity contribution in [3.63, 3.8) is 0 Å². The number of benzene rings is 1. The fourth-order valence-electron chi connectivity index (χ4n) is 4.13. The number of aromatic amines is 1. The Morgan fingerprint density at radius 1 is 1.21 bits per heavy atom. The minimum Gasteiger partial charge on any atom is -0.370 e. The molecule has 146 valence electrons. The Bertz CT molecular complexity index is 899. The molecule has 0 bridgehead atoms. The molecule has 1 amide bonds. The average molecular weight is 379 g/mol. The van der Waals surface area contributed by atoms with Crippen LogP contribution in [0.1, 0.15) is 53.7 Å². The second-order valence-corrected chi connectivity index (χ2v) is 7.55. The Hall–Kier alpha value is -2.85. The summed E-state index contributed by atoms with van der Waals surface area (Å²) in [4.78, 5) is 17.4. The second-order valence-electron chi connectivity index (χ2n) is 7.55. The van der Waals surface area contributed by atoms with E-state index in [4.69, 9.17) is 10.00 Å². The standard InChI is InChI=1S/C21H25N5O2/c1-14-12-18-19(15(2)28-14)23-24-20(18)21(27)26-9-3-8-25(10-11-26)17-6-4-16(13-22)5-7-17/h4-7,14-15H,3,8-12H2,1-2H3,(H,23,24)/t14-,15+/m1/s1. The van der Waals surface area contributed by atoms with Gasteiger partial charge in [0.25, 0.3) is 5.91 Å². The molecule has 7 nitrogen and oxygen atoms in total. The number of fused-ring (bicyclic) bond motifs is 1. The minimum absolute atomic E-state index is 0.000443. The molecule has 1 N–H and O–H groups in total. The first-order chi connectivity index (χ1) is 13.6. The first kappa shape index (κ1) is 18.5. The molecule has 1 fully saturated rings. The largest absolute Gasteiger partial charge is 0.370 e. The highest BCUT2D eigenvalue weighted by Crippen LogP contribution is 2.30. The topological polar surface area (TPSA) is 85.3 Å². The van der Waals surface area contributed by atoms with Gasteiger partial charge in [-0.1, -0.05) is 0 Å². The highest BCUT2D eigenvalue weighted by molar-refractivity contribution is 5.94. The molecule has 2 aromatic rings. The van der Waals surface area contributed by atoms with E-state index in [2.05, 4.69) is 21.2 Å². The molecule has 28 heavy (non-hydrogen) atoms. The number of rotatable bonds is 2. The Morgan fingerprint density at radius 3 is 2.75 bits per heavy atom. The molecule has 0 spiro atoms. The molecule has 0 radical (unpaired) electrons. The summed E-state index contributed by atoms with van der Waals surface area (Å²) in [5.41, 5.74) is 4.22. The zero-order valence-corrected chi connectivity index (χ0v) is 16.3. The number of carbonyl (C=O) groups is 1. The maximum Gasteiger partial charge on any atom is 0.274 e. The number of ether oxygens (including phenoxy) is 1. The van der Waals surface area contributed by atoms with Crippen LogP contribution in [-0.4, -0.2) is 53.3 Å². The number of H-pyrrole nitrogens is 1. The second kappa shape index (κ2) is 7.64. The molecule has 1 saturated heterocycles. The van der Waals surface area contributed by atoms with Crippen molar-refractivity contribution in [3.8, 4) is 6.07 Å². The predicted octanol–water partition coefficient (Wildman–Crippen LogP) is 2.66. The predicted molar refractivity (Wildman–Crippen MR) is 105 cm³/mol. The van der Waals surface area contributed by atoms with Crippen molar-refractivity contribution in [2.45, 2.75) is 38.9 Å². The van der Waals surface area contributed by atoms with Gasteiger partial charge in [-0.15, -0.1) is 0 Å². The van der Waals surface area contributed by atoms with E-state index < -0.39 is 0 Å². The van der Waals surface area contributed by atoms with Crippen LogP contribution in [0.2, 0.25) is 0 Å². The van der Waals surface area contributed by atoms with E-state index in [1.165, 1.54) is 0 Å². The monoisotopic (exact) mass is 379 g/mol. The van der Waals surface area contributed by atoms with Crippen molar-refractivity contribution >= 4 is 11.6 Å². The van der Waals surface area contributed by atoms with E-state index in [1.807, 2.05) is 43.0 Å². The summed E-state index contributed by atoms with van der Waals surface area (Å²) < 4.78 is 5.83. The molecule has 3 heterocycles. The molecule has 0 aliphatic carbocycles. The Morgan fingerprint density at radius 2 is 2.00 bits per heavy atom. The van der Waals surface area contributed by atoms with Crippen molar-refractivity contribution in [2.24, 2.45) is 0 Å².